The van der Waals surface area contributed by atoms with Crippen LogP contribution in [0.1, 0.15) is 71.1 Å². The normalized spacial score (nSPS) is 13.9. The van der Waals surface area contributed by atoms with E-state index in [4.69, 9.17) is 4.74 Å². The molecule has 1 amide bonds. The molecule has 0 spiro atoms. The third-order valence-corrected chi connectivity index (χ3v) is 4.93. The maximum Gasteiger partial charge on any atom is 0.238 e. The molecule has 0 radical (unpaired) electrons. The summed E-state index contributed by atoms with van der Waals surface area (Å²) in [4.78, 5) is 12.1. The summed E-state index contributed by atoms with van der Waals surface area (Å²) < 4.78 is 5.80. The second-order valence-electron chi connectivity index (χ2n) is 7.37. The van der Waals surface area contributed by atoms with Crippen molar-refractivity contribution >= 4 is 11.6 Å². The van der Waals surface area contributed by atoms with Crippen LogP contribution >= 0.6 is 0 Å². The van der Waals surface area contributed by atoms with E-state index in [9.17, 15) is 4.79 Å². The van der Waals surface area contributed by atoms with E-state index in [0.29, 0.717) is 6.54 Å². The highest BCUT2D eigenvalue weighted by Crippen LogP contribution is 2.19. The van der Waals surface area contributed by atoms with Gasteiger partial charge in [-0.3, -0.25) is 4.79 Å². The average molecular weight is 373 g/mol. The summed E-state index contributed by atoms with van der Waals surface area (Å²) in [5.41, 5.74) is 2.33. The number of anilines is 1. The van der Waals surface area contributed by atoms with E-state index in [1.54, 1.807) is 0 Å². The van der Waals surface area contributed by atoms with Crippen molar-refractivity contribution in [1.29, 1.82) is 0 Å². The predicted octanol–water partition coefficient (Wildman–Crippen LogP) is 5.45. The quantitative estimate of drug-likeness (QED) is 0.357. The molecule has 0 saturated heterocycles. The van der Waals surface area contributed by atoms with E-state index in [1.807, 2.05) is 24.3 Å². The summed E-state index contributed by atoms with van der Waals surface area (Å²) >= 11 is 0. The Morgan fingerprint density at radius 1 is 1.15 bits per heavy atom. The van der Waals surface area contributed by atoms with Gasteiger partial charge in [0.15, 0.2) is 0 Å². The van der Waals surface area contributed by atoms with Crippen LogP contribution in [0.2, 0.25) is 0 Å². The van der Waals surface area contributed by atoms with Gasteiger partial charge in [0.25, 0.3) is 0 Å². The topological polar surface area (TPSA) is 50.4 Å². The van der Waals surface area contributed by atoms with Crippen LogP contribution in [0.5, 0.6) is 5.75 Å². The second kappa shape index (κ2) is 13.4. The Hall–Kier alpha value is -1.81. The first-order chi connectivity index (χ1) is 13.3. The van der Waals surface area contributed by atoms with Gasteiger partial charge in [-0.2, -0.15) is 0 Å². The first kappa shape index (κ1) is 21.5. The average Bonchev–Trinajstić information content (AvgIpc) is 2.69. The van der Waals surface area contributed by atoms with Crippen LogP contribution in [0, 0.1) is 0 Å². The molecular formula is C23H36N2O2. The third-order valence-electron chi connectivity index (χ3n) is 4.93. The number of ether oxygens (including phenoxy) is 1. The largest absolute Gasteiger partial charge is 0.494 e. The summed E-state index contributed by atoms with van der Waals surface area (Å²) in [6, 6.07) is 7.67. The summed E-state index contributed by atoms with van der Waals surface area (Å²) in [6.07, 6.45) is 14.6. The van der Waals surface area contributed by atoms with Crippen molar-refractivity contribution < 1.29 is 9.53 Å². The van der Waals surface area contributed by atoms with E-state index in [1.165, 1.54) is 56.9 Å². The van der Waals surface area contributed by atoms with Gasteiger partial charge in [-0.1, -0.05) is 50.3 Å². The van der Waals surface area contributed by atoms with Gasteiger partial charge in [0.1, 0.15) is 5.75 Å². The number of benzene rings is 1. The highest BCUT2D eigenvalue weighted by Gasteiger charge is 2.05. The molecule has 0 atom stereocenters. The van der Waals surface area contributed by atoms with Crippen LogP contribution in [0.15, 0.2) is 35.9 Å². The van der Waals surface area contributed by atoms with Crippen LogP contribution in [-0.2, 0) is 4.79 Å². The van der Waals surface area contributed by atoms with Gasteiger partial charge in [-0.25, -0.2) is 0 Å². The number of hydrogen-bond acceptors (Lipinski definition) is 3. The molecule has 2 rings (SSSR count). The maximum atomic E-state index is 12.1. The molecule has 2 N–H and O–H groups in total. The Bertz CT molecular complexity index is 583. The van der Waals surface area contributed by atoms with E-state index in [2.05, 4.69) is 23.6 Å². The maximum absolute atomic E-state index is 12.1. The molecule has 0 unspecified atom stereocenters. The van der Waals surface area contributed by atoms with Gasteiger partial charge < -0.3 is 15.4 Å². The zero-order valence-corrected chi connectivity index (χ0v) is 16.9. The lowest BCUT2D eigenvalue weighted by Crippen LogP contribution is -2.29. The predicted molar refractivity (Wildman–Crippen MR) is 113 cm³/mol. The Morgan fingerprint density at radius 2 is 2.04 bits per heavy atom. The number of amides is 1. The number of carbonyl (C=O) groups is 1. The number of hydrogen-bond donors (Lipinski definition) is 2. The molecule has 27 heavy (non-hydrogen) atoms. The summed E-state index contributed by atoms with van der Waals surface area (Å²) in [5.74, 6) is 0.810. The minimum Gasteiger partial charge on any atom is -0.494 e. The van der Waals surface area contributed by atoms with Crippen LogP contribution in [0.25, 0.3) is 0 Å². The molecule has 0 heterocycles. The van der Waals surface area contributed by atoms with E-state index in [-0.39, 0.29) is 5.91 Å². The lowest BCUT2D eigenvalue weighted by Gasteiger charge is -2.13. The molecule has 4 heteroatoms. The number of nitrogens with one attached hydrogen (secondary N) is 2. The second-order valence-corrected chi connectivity index (χ2v) is 7.37. The molecule has 0 fully saturated rings. The molecular weight excluding hydrogens is 336 g/mol. The van der Waals surface area contributed by atoms with Gasteiger partial charge >= 0.3 is 0 Å². The Morgan fingerprint density at radius 3 is 2.85 bits per heavy atom. The Kier molecular flexibility index (Phi) is 10.6. The Balaban J connectivity index is 1.61. The fourth-order valence-electron chi connectivity index (χ4n) is 3.35. The summed E-state index contributed by atoms with van der Waals surface area (Å²) in [5, 5.41) is 6.18. The monoisotopic (exact) mass is 372 g/mol. The molecule has 1 aliphatic rings. The first-order valence-corrected chi connectivity index (χ1v) is 10.7. The molecule has 150 valence electrons. The molecule has 0 bridgehead atoms. The zero-order chi connectivity index (χ0) is 19.2. The third kappa shape index (κ3) is 9.62. The molecule has 0 aliphatic heterocycles. The first-order valence-electron chi connectivity index (χ1n) is 10.7. The van der Waals surface area contributed by atoms with Crippen molar-refractivity contribution in [3.05, 3.63) is 35.9 Å². The van der Waals surface area contributed by atoms with Crippen molar-refractivity contribution in [1.82, 2.24) is 5.32 Å². The van der Waals surface area contributed by atoms with Crippen LogP contribution in [0.3, 0.4) is 0 Å². The molecule has 1 aromatic rings. The highest BCUT2D eigenvalue weighted by molar-refractivity contribution is 5.92. The SMILES string of the molecule is CCCCCCCOc1cccc(NC(=O)CNCCC2=CCCCC2)c1. The molecule has 4 nitrogen and oxygen atoms in total. The Labute approximate surface area is 164 Å². The number of allylic oxidation sites excluding steroid dienone is 1. The lowest BCUT2D eigenvalue weighted by atomic mass is 9.97. The van der Waals surface area contributed by atoms with E-state index in [0.717, 1.165) is 37.4 Å². The van der Waals surface area contributed by atoms with Gasteiger partial charge in [-0.05, 0) is 57.2 Å². The van der Waals surface area contributed by atoms with Crippen molar-refractivity contribution in [3.8, 4) is 5.75 Å². The fourth-order valence-corrected chi connectivity index (χ4v) is 3.35. The van der Waals surface area contributed by atoms with Gasteiger partial charge in [0.05, 0.1) is 13.2 Å². The molecule has 1 aromatic carbocycles. The van der Waals surface area contributed by atoms with Crippen molar-refractivity contribution in [2.75, 3.05) is 25.0 Å². The number of rotatable bonds is 13. The standard InChI is InChI=1S/C23H36N2O2/c1-2-3-4-5-9-17-27-22-14-10-13-21(18-22)25-23(26)19-24-16-15-20-11-7-6-8-12-20/h10-11,13-14,18,24H,2-9,12,15-17,19H2,1H3,(H,25,26). The highest BCUT2D eigenvalue weighted by atomic mass is 16.5. The van der Waals surface area contributed by atoms with Crippen LogP contribution in [0.4, 0.5) is 5.69 Å². The van der Waals surface area contributed by atoms with Gasteiger partial charge in [0.2, 0.25) is 5.91 Å². The minimum absolute atomic E-state index is 0.00987. The van der Waals surface area contributed by atoms with Crippen LogP contribution < -0.4 is 15.4 Å². The van der Waals surface area contributed by atoms with Crippen molar-refractivity contribution in [2.24, 2.45) is 0 Å². The smallest absolute Gasteiger partial charge is 0.238 e. The molecule has 0 saturated carbocycles. The summed E-state index contributed by atoms with van der Waals surface area (Å²) in [7, 11) is 0. The van der Waals surface area contributed by atoms with Crippen LogP contribution in [-0.4, -0.2) is 25.6 Å². The van der Waals surface area contributed by atoms with E-state index >= 15 is 0 Å². The number of carbonyl (C=O) groups excluding carboxylic acids is 1. The minimum atomic E-state index is -0.00987. The van der Waals surface area contributed by atoms with E-state index < -0.39 is 0 Å². The zero-order valence-electron chi connectivity index (χ0n) is 16.9. The van der Waals surface area contributed by atoms with Crippen molar-refractivity contribution in [2.45, 2.75) is 71.1 Å². The van der Waals surface area contributed by atoms with Gasteiger partial charge in [-0.15, -0.1) is 0 Å². The summed E-state index contributed by atoms with van der Waals surface area (Å²) in [6.45, 7) is 4.16. The van der Waals surface area contributed by atoms with Crippen molar-refractivity contribution in [3.63, 3.8) is 0 Å². The molecule has 1 aliphatic carbocycles. The van der Waals surface area contributed by atoms with Gasteiger partial charge in [0, 0.05) is 11.8 Å². The molecule has 0 aromatic heterocycles. The number of unbranched alkanes of at least 4 members (excludes halogenated alkanes) is 4. The lowest BCUT2D eigenvalue weighted by molar-refractivity contribution is -0.115. The fraction of sp³-hybridized carbons (Fsp3) is 0.609.